The van der Waals surface area contributed by atoms with Gasteiger partial charge in [0.05, 0.1) is 11.4 Å². The van der Waals surface area contributed by atoms with Gasteiger partial charge in [-0.15, -0.1) is 0 Å². The summed E-state index contributed by atoms with van der Waals surface area (Å²) in [5.74, 6) is -0.0277. The summed E-state index contributed by atoms with van der Waals surface area (Å²) in [4.78, 5) is 21.5. The van der Waals surface area contributed by atoms with Gasteiger partial charge in [-0.2, -0.15) is 0 Å². The van der Waals surface area contributed by atoms with Gasteiger partial charge in [0.25, 0.3) is 0 Å². The molecule has 1 N–H and O–H groups in total. The molecule has 0 atom stereocenters. The number of carbonyl (C=O) groups excluding carboxylic acids is 1. The second-order valence-corrected chi connectivity index (χ2v) is 7.79. The number of carbonyl (C=O) groups is 1. The van der Waals surface area contributed by atoms with Crippen LogP contribution < -0.4 is 0 Å². The molecule has 0 saturated heterocycles. The highest BCUT2D eigenvalue weighted by Crippen LogP contribution is 2.36. The number of nitrogens with zero attached hydrogens (tertiary/aromatic N) is 2. The lowest BCUT2D eigenvalue weighted by Crippen LogP contribution is -2.23. The minimum atomic E-state index is -0.390. The summed E-state index contributed by atoms with van der Waals surface area (Å²) in [5, 5.41) is 10.6. The molecule has 1 aromatic heterocycles. The van der Waals surface area contributed by atoms with E-state index in [9.17, 15) is 9.90 Å². The molecule has 0 spiro atoms. The van der Waals surface area contributed by atoms with Crippen LogP contribution >= 0.6 is 0 Å². The first-order valence-electron chi connectivity index (χ1n) is 7.73. The van der Waals surface area contributed by atoms with Crippen LogP contribution in [0.15, 0.2) is 30.3 Å². The highest BCUT2D eigenvalue weighted by Gasteiger charge is 2.30. The molecule has 4 nitrogen and oxygen atoms in total. The zero-order valence-corrected chi connectivity index (χ0v) is 14.6. The lowest BCUT2D eigenvalue weighted by atomic mass is 9.85. The molecule has 0 amide bonds. The SMILES string of the molecule is CC(C)(C)c1nc(C(=O)c2ccccc2)nc(C(C)(C)C)c1O. The second kappa shape index (κ2) is 5.76. The largest absolute Gasteiger partial charge is 0.504 e. The molecule has 0 bridgehead atoms. The lowest BCUT2D eigenvalue weighted by molar-refractivity contribution is 0.102. The van der Waals surface area contributed by atoms with Gasteiger partial charge in [0.15, 0.2) is 5.75 Å². The van der Waals surface area contributed by atoms with Crippen molar-refractivity contribution in [1.82, 2.24) is 9.97 Å². The number of aromatic nitrogens is 2. The predicted octanol–water partition coefficient (Wildman–Crippen LogP) is 4.01. The number of ketones is 1. The van der Waals surface area contributed by atoms with Gasteiger partial charge in [0.1, 0.15) is 0 Å². The third-order valence-corrected chi connectivity index (χ3v) is 3.54. The quantitative estimate of drug-likeness (QED) is 0.851. The molecule has 0 aliphatic carbocycles. The minimum absolute atomic E-state index is 0.0783. The van der Waals surface area contributed by atoms with E-state index in [0.717, 1.165) is 0 Å². The van der Waals surface area contributed by atoms with Crippen LogP contribution in [0.25, 0.3) is 0 Å². The van der Waals surface area contributed by atoms with Crippen LogP contribution in [0.4, 0.5) is 0 Å². The molecular weight excluding hydrogens is 288 g/mol. The Morgan fingerprint density at radius 1 is 0.870 bits per heavy atom. The van der Waals surface area contributed by atoms with Gasteiger partial charge in [0, 0.05) is 16.4 Å². The molecule has 1 heterocycles. The number of hydrogen-bond acceptors (Lipinski definition) is 4. The Bertz CT molecular complexity index is 688. The Balaban J connectivity index is 2.68. The van der Waals surface area contributed by atoms with Crippen LogP contribution in [-0.2, 0) is 10.8 Å². The van der Waals surface area contributed by atoms with Crippen molar-refractivity contribution in [1.29, 1.82) is 0 Å². The summed E-state index contributed by atoms with van der Waals surface area (Å²) in [5.41, 5.74) is 0.753. The van der Waals surface area contributed by atoms with E-state index in [2.05, 4.69) is 9.97 Å². The molecule has 2 aromatic rings. The van der Waals surface area contributed by atoms with Crippen LogP contribution in [0.5, 0.6) is 5.75 Å². The van der Waals surface area contributed by atoms with E-state index in [1.54, 1.807) is 12.1 Å². The van der Waals surface area contributed by atoms with E-state index < -0.39 is 10.8 Å². The minimum Gasteiger partial charge on any atom is -0.504 e. The monoisotopic (exact) mass is 312 g/mol. The highest BCUT2D eigenvalue weighted by atomic mass is 16.3. The number of rotatable bonds is 2. The number of aromatic hydroxyl groups is 1. The smallest absolute Gasteiger partial charge is 0.230 e. The van der Waals surface area contributed by atoms with Crippen LogP contribution in [0.1, 0.15) is 69.1 Å². The van der Waals surface area contributed by atoms with E-state index in [0.29, 0.717) is 17.0 Å². The average molecular weight is 312 g/mol. The van der Waals surface area contributed by atoms with E-state index in [1.165, 1.54) is 0 Å². The number of benzene rings is 1. The predicted molar refractivity (Wildman–Crippen MR) is 91.0 cm³/mol. The summed E-state index contributed by atoms with van der Waals surface area (Å²) in [6, 6.07) is 8.96. The van der Waals surface area contributed by atoms with Crippen molar-refractivity contribution in [3.63, 3.8) is 0 Å². The maximum atomic E-state index is 12.7. The summed E-state index contributed by atoms with van der Waals surface area (Å²) in [6.07, 6.45) is 0. The first-order valence-corrected chi connectivity index (χ1v) is 7.73. The third-order valence-electron chi connectivity index (χ3n) is 3.54. The summed E-state index contributed by atoms with van der Waals surface area (Å²) < 4.78 is 0. The Morgan fingerprint density at radius 3 is 1.70 bits per heavy atom. The van der Waals surface area contributed by atoms with Crippen LogP contribution in [0.3, 0.4) is 0 Å². The van der Waals surface area contributed by atoms with Crippen molar-refractivity contribution in [2.24, 2.45) is 0 Å². The van der Waals surface area contributed by atoms with Gasteiger partial charge in [0.2, 0.25) is 11.6 Å². The highest BCUT2D eigenvalue weighted by molar-refractivity contribution is 6.06. The molecule has 0 aliphatic rings. The maximum absolute atomic E-state index is 12.7. The molecule has 1 aromatic carbocycles. The molecule has 0 aliphatic heterocycles. The van der Waals surface area contributed by atoms with E-state index in [-0.39, 0.29) is 17.4 Å². The lowest BCUT2D eigenvalue weighted by Gasteiger charge is -2.25. The molecular formula is C19H24N2O2. The molecule has 0 radical (unpaired) electrons. The fraction of sp³-hybridized carbons (Fsp3) is 0.421. The van der Waals surface area contributed by atoms with E-state index in [1.807, 2.05) is 59.7 Å². The molecule has 0 saturated carbocycles. The second-order valence-electron chi connectivity index (χ2n) is 7.79. The van der Waals surface area contributed by atoms with Crippen molar-refractivity contribution in [3.05, 3.63) is 53.1 Å². The first kappa shape index (κ1) is 17.1. The molecule has 122 valence electrons. The van der Waals surface area contributed by atoms with Gasteiger partial charge in [-0.25, -0.2) is 9.97 Å². The molecule has 4 heteroatoms. The topological polar surface area (TPSA) is 63.1 Å². The normalized spacial score (nSPS) is 12.3. The molecule has 0 fully saturated rings. The van der Waals surface area contributed by atoms with Crippen molar-refractivity contribution in [2.45, 2.75) is 52.4 Å². The number of hydrogen-bond donors (Lipinski definition) is 1. The van der Waals surface area contributed by atoms with Crippen molar-refractivity contribution in [3.8, 4) is 5.75 Å². The summed E-state index contributed by atoms with van der Waals surface area (Å²) in [6.45, 7) is 11.7. The Hall–Kier alpha value is -2.23. The summed E-state index contributed by atoms with van der Waals surface area (Å²) in [7, 11) is 0. The van der Waals surface area contributed by atoms with Crippen LogP contribution in [0.2, 0.25) is 0 Å². The van der Waals surface area contributed by atoms with Crippen LogP contribution in [0, 0.1) is 0 Å². The Labute approximate surface area is 137 Å². The van der Waals surface area contributed by atoms with E-state index >= 15 is 0 Å². The van der Waals surface area contributed by atoms with Gasteiger partial charge < -0.3 is 5.11 Å². The molecule has 2 rings (SSSR count). The third kappa shape index (κ3) is 3.58. The summed E-state index contributed by atoms with van der Waals surface area (Å²) >= 11 is 0. The fourth-order valence-electron chi connectivity index (χ4n) is 2.32. The maximum Gasteiger partial charge on any atom is 0.230 e. The zero-order valence-electron chi connectivity index (χ0n) is 14.6. The Morgan fingerprint density at radius 2 is 1.30 bits per heavy atom. The first-order chi connectivity index (χ1) is 10.5. The van der Waals surface area contributed by atoms with Gasteiger partial charge in [-0.1, -0.05) is 71.9 Å². The average Bonchev–Trinajstić information content (AvgIpc) is 2.45. The van der Waals surface area contributed by atoms with Gasteiger partial charge >= 0.3 is 0 Å². The van der Waals surface area contributed by atoms with Gasteiger partial charge in [-0.05, 0) is 0 Å². The van der Waals surface area contributed by atoms with Gasteiger partial charge in [-0.3, -0.25) is 4.79 Å². The van der Waals surface area contributed by atoms with Crippen molar-refractivity contribution in [2.75, 3.05) is 0 Å². The fourth-order valence-corrected chi connectivity index (χ4v) is 2.32. The van der Waals surface area contributed by atoms with Crippen LogP contribution in [-0.4, -0.2) is 20.9 Å². The standard InChI is InChI=1S/C19H24N2O2/c1-18(2,3)15-14(23)16(19(4,5)6)21-17(20-15)13(22)12-10-8-7-9-11-12/h7-11,23H,1-6H3. The zero-order chi connectivity index (χ0) is 17.4. The molecule has 23 heavy (non-hydrogen) atoms. The van der Waals surface area contributed by atoms with Crippen molar-refractivity contribution >= 4 is 5.78 Å². The Kier molecular flexibility index (Phi) is 4.29. The molecule has 0 unspecified atom stereocenters. The van der Waals surface area contributed by atoms with Crippen molar-refractivity contribution < 1.29 is 9.90 Å². The van der Waals surface area contributed by atoms with E-state index in [4.69, 9.17) is 0 Å².